The van der Waals surface area contributed by atoms with E-state index in [1.165, 1.54) is 0 Å². The van der Waals surface area contributed by atoms with Gasteiger partial charge in [-0.25, -0.2) is 0 Å². The van der Waals surface area contributed by atoms with Gasteiger partial charge in [0, 0.05) is 0 Å². The second-order valence-corrected chi connectivity index (χ2v) is 28.5. The van der Waals surface area contributed by atoms with Gasteiger partial charge in [-0.3, -0.25) is 0 Å². The summed E-state index contributed by atoms with van der Waals surface area (Å²) < 4.78 is 0. The summed E-state index contributed by atoms with van der Waals surface area (Å²) in [6.07, 6.45) is 0. The average Bonchev–Trinajstić information content (AvgIpc) is 1.37. The van der Waals surface area contributed by atoms with Gasteiger partial charge in [-0.1, -0.05) is 0 Å². The molecule has 0 aliphatic carbocycles. The molecule has 0 unspecified atom stereocenters. The van der Waals surface area contributed by atoms with Crippen LogP contribution < -0.4 is 0 Å². The number of hydrogen-bond acceptors (Lipinski definition) is 0. The first kappa shape index (κ1) is 5.25. The van der Waals surface area contributed by atoms with Gasteiger partial charge in [0.15, 0.2) is 0 Å². The Kier molecular flexibility index (Phi) is 5.58. The molecule has 0 aliphatic rings. The molecule has 0 aromatic heterocycles. The van der Waals surface area contributed by atoms with E-state index in [0.717, 1.165) is 6.46 Å². The van der Waals surface area contributed by atoms with Crippen molar-refractivity contribution in [1.82, 2.24) is 0 Å². The Morgan fingerprint density at radius 3 is 2.25 bits per heavy atom. The number of hydrogen-bond donors (Lipinski definition) is 0. The van der Waals surface area contributed by atoms with Crippen molar-refractivity contribution in [1.29, 1.82) is 0 Å². The SMILES string of the molecule is [CH3][SbH][SiH2][SiH3]. The molecule has 3 heteroatoms. The number of rotatable bonds is 1. The normalized spacial score (nSPS) is 11.2. The zero-order chi connectivity index (χ0) is 3.41. The van der Waals surface area contributed by atoms with Gasteiger partial charge < -0.3 is 0 Å². The molecule has 0 radical (unpaired) electrons. The van der Waals surface area contributed by atoms with Gasteiger partial charge in [0.05, 0.1) is 0 Å². The van der Waals surface area contributed by atoms with E-state index in [1.54, 1.807) is 9.76 Å². The molecule has 0 aromatic rings. The molecule has 0 rings (SSSR count). The van der Waals surface area contributed by atoms with E-state index < -0.39 is 0 Å². The van der Waals surface area contributed by atoms with Crippen molar-refractivity contribution in [2.24, 2.45) is 0 Å². The van der Waals surface area contributed by atoms with E-state index in [2.05, 4.69) is 4.87 Å². The summed E-state index contributed by atoms with van der Waals surface area (Å²) in [5, 5.41) is 0. The molecular formula is CH9SbSi2. The van der Waals surface area contributed by atoms with E-state index in [4.69, 9.17) is 0 Å². The Hall–Kier alpha value is 1.25. The van der Waals surface area contributed by atoms with Crippen molar-refractivity contribution in [2.75, 3.05) is 0 Å². The van der Waals surface area contributed by atoms with Gasteiger partial charge in [0.2, 0.25) is 0 Å². The van der Waals surface area contributed by atoms with Gasteiger partial charge in [-0.2, -0.15) is 0 Å². The maximum atomic E-state index is 2.45. The molecule has 0 saturated heterocycles. The first-order valence-electron chi connectivity index (χ1n) is 1.56. The summed E-state index contributed by atoms with van der Waals surface area (Å²) >= 11 is 0.425. The first-order chi connectivity index (χ1) is 1.91. The van der Waals surface area contributed by atoms with Crippen LogP contribution >= 0.6 is 0 Å². The molecule has 0 nitrogen and oxygen atoms in total. The van der Waals surface area contributed by atoms with E-state index in [-0.39, 0.29) is 0 Å². The van der Waals surface area contributed by atoms with Gasteiger partial charge in [0.1, 0.15) is 0 Å². The predicted octanol–water partition coefficient (Wildman–Crippen LogP) is -2.16. The van der Waals surface area contributed by atoms with Crippen LogP contribution in [0.15, 0.2) is 0 Å². The molecule has 0 amide bonds. The quantitative estimate of drug-likeness (QED) is 0.422. The standard InChI is InChI=1S/CH3.Sb.H5Si2.H/c;;1-2;/h1H3;;1H2,2H3;. The minimum atomic E-state index is 0.425. The third kappa shape index (κ3) is 3.25. The van der Waals surface area contributed by atoms with Gasteiger partial charge in [0.25, 0.3) is 0 Å². The van der Waals surface area contributed by atoms with Crippen molar-refractivity contribution in [2.45, 2.75) is 4.87 Å². The molecule has 0 fully saturated rings. The Morgan fingerprint density at radius 2 is 2.25 bits per heavy atom. The molecule has 0 bridgehead atoms. The van der Waals surface area contributed by atoms with Crippen molar-refractivity contribution >= 4 is 37.0 Å². The van der Waals surface area contributed by atoms with Gasteiger partial charge in [-0.05, 0) is 0 Å². The minimum absolute atomic E-state index is 0.425. The van der Waals surface area contributed by atoms with Crippen molar-refractivity contribution in [3.8, 4) is 0 Å². The Morgan fingerprint density at radius 1 is 2.00 bits per heavy atom. The summed E-state index contributed by atoms with van der Waals surface area (Å²) in [6, 6.07) is 0. The van der Waals surface area contributed by atoms with Crippen LogP contribution in [0.2, 0.25) is 4.87 Å². The molecular weight excluding hydrogens is 190 g/mol. The second kappa shape index (κ2) is 4.25. The van der Waals surface area contributed by atoms with Crippen molar-refractivity contribution in [3.63, 3.8) is 0 Å². The molecule has 4 heavy (non-hydrogen) atoms. The van der Waals surface area contributed by atoms with Crippen LogP contribution in [0.4, 0.5) is 0 Å². The molecule has 0 heterocycles. The second-order valence-electron chi connectivity index (χ2n) is 0.707. The van der Waals surface area contributed by atoms with E-state index in [9.17, 15) is 0 Å². The van der Waals surface area contributed by atoms with Gasteiger partial charge in [-0.15, -0.1) is 0 Å². The maximum absolute atomic E-state index is 2.45. The summed E-state index contributed by atoms with van der Waals surface area (Å²) in [4.78, 5) is 2.45. The van der Waals surface area contributed by atoms with Crippen LogP contribution in [0.3, 0.4) is 0 Å². The van der Waals surface area contributed by atoms with E-state index >= 15 is 0 Å². The zero-order valence-corrected chi connectivity index (χ0v) is 9.48. The van der Waals surface area contributed by atoms with Crippen LogP contribution in [0.25, 0.3) is 0 Å². The van der Waals surface area contributed by atoms with Crippen LogP contribution in [0.1, 0.15) is 0 Å². The zero-order valence-electron chi connectivity index (χ0n) is 3.21. The van der Waals surface area contributed by atoms with E-state index in [0.29, 0.717) is 20.8 Å². The summed E-state index contributed by atoms with van der Waals surface area (Å²) in [5.41, 5.74) is 0. The fourth-order valence-corrected chi connectivity index (χ4v) is 0. The van der Waals surface area contributed by atoms with E-state index in [1.807, 2.05) is 0 Å². The third-order valence-corrected chi connectivity index (χ3v) is 21.3. The fraction of sp³-hybridized carbons (Fsp3) is 1.00. The molecule has 0 spiro atoms. The summed E-state index contributed by atoms with van der Waals surface area (Å²) in [6.45, 7) is 0.733. The van der Waals surface area contributed by atoms with Crippen molar-refractivity contribution < 1.29 is 0 Å². The van der Waals surface area contributed by atoms with Gasteiger partial charge >= 0.3 is 41.9 Å². The molecule has 26 valence electrons. The predicted molar refractivity (Wildman–Crippen MR) is 31.5 cm³/mol. The summed E-state index contributed by atoms with van der Waals surface area (Å²) in [5.74, 6) is 0. The fourth-order valence-electron chi connectivity index (χ4n) is 0. The Balaban J connectivity index is 1.97. The van der Waals surface area contributed by atoms with Crippen LogP contribution in [0, 0.1) is 0 Å². The van der Waals surface area contributed by atoms with Crippen LogP contribution in [-0.2, 0) is 0 Å². The average molecular weight is 199 g/mol. The molecule has 0 saturated carbocycles. The monoisotopic (exact) mass is 198 g/mol. The molecule has 0 N–H and O–H groups in total. The first-order valence-corrected chi connectivity index (χ1v) is 16.8. The Bertz CT molecular complexity index is 8.00. The summed E-state index contributed by atoms with van der Waals surface area (Å²) in [7, 11) is 1.60. The Labute approximate surface area is 42.0 Å². The molecule has 0 aliphatic heterocycles. The van der Waals surface area contributed by atoms with Crippen LogP contribution in [-0.4, -0.2) is 37.0 Å². The van der Waals surface area contributed by atoms with Crippen molar-refractivity contribution in [3.05, 3.63) is 0 Å². The topological polar surface area (TPSA) is 0 Å². The molecule has 0 aromatic carbocycles. The van der Waals surface area contributed by atoms with Crippen LogP contribution in [0.5, 0.6) is 0 Å². The third-order valence-electron chi connectivity index (χ3n) is 0.354. The molecule has 0 atom stereocenters.